The van der Waals surface area contributed by atoms with Crippen LogP contribution in [0, 0.1) is 5.92 Å². The quantitative estimate of drug-likeness (QED) is 0.783. The van der Waals surface area contributed by atoms with E-state index in [1.54, 1.807) is 0 Å². The van der Waals surface area contributed by atoms with Crippen LogP contribution in [0.4, 0.5) is 11.4 Å². The van der Waals surface area contributed by atoms with Crippen LogP contribution in [-0.4, -0.2) is 38.9 Å². The third kappa shape index (κ3) is 2.39. The minimum absolute atomic E-state index is 0.335. The molecule has 0 aromatic heterocycles. The highest BCUT2D eigenvalue weighted by Crippen LogP contribution is 2.35. The fourth-order valence-corrected chi connectivity index (χ4v) is 3.45. The van der Waals surface area contributed by atoms with Crippen molar-refractivity contribution in [1.29, 1.82) is 0 Å². The highest BCUT2D eigenvalue weighted by Gasteiger charge is 2.27. The molecule has 1 aromatic carbocycles. The minimum Gasteiger partial charge on any atom is -0.375 e. The molecule has 1 saturated heterocycles. The summed E-state index contributed by atoms with van der Waals surface area (Å²) in [6.45, 7) is 9.68. The molecule has 0 bridgehead atoms. The lowest BCUT2D eigenvalue weighted by atomic mass is 9.88. The largest absolute Gasteiger partial charge is 0.375 e. The lowest BCUT2D eigenvalue weighted by Gasteiger charge is -2.39. The number of morpholine rings is 1. The van der Waals surface area contributed by atoms with Crippen molar-refractivity contribution < 1.29 is 4.74 Å². The Balaban J connectivity index is 1.87. The molecular formula is C17H26N2O. The fraction of sp³-hybridized carbons (Fsp3) is 0.647. The van der Waals surface area contributed by atoms with E-state index in [1.165, 1.54) is 23.4 Å². The summed E-state index contributed by atoms with van der Waals surface area (Å²) in [4.78, 5) is 4.88. The summed E-state index contributed by atoms with van der Waals surface area (Å²) >= 11 is 0. The van der Waals surface area contributed by atoms with Crippen molar-refractivity contribution in [3.63, 3.8) is 0 Å². The van der Waals surface area contributed by atoms with Crippen LogP contribution in [0.3, 0.4) is 0 Å². The van der Waals surface area contributed by atoms with Gasteiger partial charge < -0.3 is 14.5 Å². The van der Waals surface area contributed by atoms with Crippen molar-refractivity contribution in [2.75, 3.05) is 36.5 Å². The smallest absolute Gasteiger partial charge is 0.0722 e. The molecule has 0 spiro atoms. The number of rotatable bonds is 1. The maximum absolute atomic E-state index is 5.64. The van der Waals surface area contributed by atoms with Crippen molar-refractivity contribution in [2.24, 2.45) is 5.92 Å². The first-order valence-electron chi connectivity index (χ1n) is 7.78. The second-order valence-electron chi connectivity index (χ2n) is 6.47. The van der Waals surface area contributed by atoms with Gasteiger partial charge in [-0.1, -0.05) is 6.92 Å². The maximum Gasteiger partial charge on any atom is 0.0722 e. The Kier molecular flexibility index (Phi) is 3.63. The van der Waals surface area contributed by atoms with Crippen molar-refractivity contribution in [2.45, 2.75) is 39.3 Å². The summed E-state index contributed by atoms with van der Waals surface area (Å²) in [6, 6.07) is 7.59. The molecule has 1 unspecified atom stereocenters. The molecule has 1 fully saturated rings. The Morgan fingerprint density at radius 1 is 1.20 bits per heavy atom. The monoisotopic (exact) mass is 274 g/mol. The molecule has 0 amide bonds. The van der Waals surface area contributed by atoms with E-state index in [1.807, 2.05) is 0 Å². The molecule has 3 heteroatoms. The first-order chi connectivity index (χ1) is 9.56. The molecule has 110 valence electrons. The van der Waals surface area contributed by atoms with E-state index < -0.39 is 0 Å². The summed E-state index contributed by atoms with van der Waals surface area (Å²) in [6.07, 6.45) is 1.52. The van der Waals surface area contributed by atoms with E-state index in [0.29, 0.717) is 18.1 Å². The molecule has 3 atom stereocenters. The number of benzene rings is 1. The molecular weight excluding hydrogens is 248 g/mol. The zero-order chi connectivity index (χ0) is 14.3. The first-order valence-corrected chi connectivity index (χ1v) is 7.78. The van der Waals surface area contributed by atoms with Gasteiger partial charge in [0, 0.05) is 37.6 Å². The van der Waals surface area contributed by atoms with Crippen LogP contribution >= 0.6 is 0 Å². The highest BCUT2D eigenvalue weighted by molar-refractivity contribution is 5.63. The normalized spacial score (nSPS) is 30.3. The van der Waals surface area contributed by atoms with Gasteiger partial charge in [0.05, 0.1) is 12.7 Å². The van der Waals surface area contributed by atoms with Gasteiger partial charge in [-0.25, -0.2) is 0 Å². The van der Waals surface area contributed by atoms with Crippen molar-refractivity contribution in [1.82, 2.24) is 0 Å². The van der Waals surface area contributed by atoms with Crippen LogP contribution in [-0.2, 0) is 11.2 Å². The van der Waals surface area contributed by atoms with Crippen LogP contribution in [0.2, 0.25) is 0 Å². The lowest BCUT2D eigenvalue weighted by Crippen LogP contribution is -2.42. The Morgan fingerprint density at radius 2 is 2.00 bits per heavy atom. The minimum atomic E-state index is 0.335. The number of hydrogen-bond acceptors (Lipinski definition) is 3. The first kappa shape index (κ1) is 13.7. The number of fused-ring (bicyclic) bond motifs is 1. The second kappa shape index (κ2) is 5.28. The van der Waals surface area contributed by atoms with Gasteiger partial charge >= 0.3 is 0 Å². The Labute approximate surface area is 122 Å². The average Bonchev–Trinajstić information content (AvgIpc) is 2.44. The predicted molar refractivity (Wildman–Crippen MR) is 84.8 cm³/mol. The van der Waals surface area contributed by atoms with Gasteiger partial charge in [-0.3, -0.25) is 0 Å². The molecule has 1 aromatic rings. The zero-order valence-electron chi connectivity index (χ0n) is 13.1. The van der Waals surface area contributed by atoms with E-state index >= 15 is 0 Å². The number of ether oxygens (including phenoxy) is 1. The van der Waals surface area contributed by atoms with Crippen LogP contribution in [0.5, 0.6) is 0 Å². The Hall–Kier alpha value is -1.22. The zero-order valence-corrected chi connectivity index (χ0v) is 13.1. The molecule has 0 radical (unpaired) electrons. The highest BCUT2D eigenvalue weighted by atomic mass is 16.5. The van der Waals surface area contributed by atoms with Crippen molar-refractivity contribution >= 4 is 11.4 Å². The second-order valence-corrected chi connectivity index (χ2v) is 6.47. The summed E-state index contributed by atoms with van der Waals surface area (Å²) < 4.78 is 5.64. The molecule has 0 N–H and O–H groups in total. The van der Waals surface area contributed by atoms with Gasteiger partial charge in [-0.05, 0) is 49.9 Å². The van der Waals surface area contributed by atoms with Gasteiger partial charge in [0.1, 0.15) is 0 Å². The van der Waals surface area contributed by atoms with Crippen molar-refractivity contribution in [3.05, 3.63) is 23.8 Å². The summed E-state index contributed by atoms with van der Waals surface area (Å²) in [5.41, 5.74) is 4.25. The Morgan fingerprint density at radius 3 is 2.75 bits per heavy atom. The average molecular weight is 274 g/mol. The van der Waals surface area contributed by atoms with Gasteiger partial charge in [0.25, 0.3) is 0 Å². The predicted octanol–water partition coefficient (Wildman–Crippen LogP) is 2.93. The molecule has 2 aliphatic heterocycles. The summed E-state index contributed by atoms with van der Waals surface area (Å²) in [5, 5.41) is 0. The van der Waals surface area contributed by atoms with Gasteiger partial charge in [-0.15, -0.1) is 0 Å². The van der Waals surface area contributed by atoms with Gasteiger partial charge in [0.2, 0.25) is 0 Å². The molecule has 3 nitrogen and oxygen atoms in total. The lowest BCUT2D eigenvalue weighted by molar-refractivity contribution is 0.0532. The molecule has 2 heterocycles. The summed E-state index contributed by atoms with van der Waals surface area (Å²) in [7, 11) is 2.22. The number of nitrogens with zero attached hydrogens (tertiary/aromatic N) is 2. The third-order valence-corrected chi connectivity index (χ3v) is 5.03. The molecule has 3 rings (SSSR count). The molecule has 20 heavy (non-hydrogen) atoms. The third-order valence-electron chi connectivity index (χ3n) is 5.03. The topological polar surface area (TPSA) is 15.7 Å². The summed E-state index contributed by atoms with van der Waals surface area (Å²) in [5.74, 6) is 0.714. The fourth-order valence-electron chi connectivity index (χ4n) is 3.45. The van der Waals surface area contributed by atoms with E-state index in [-0.39, 0.29) is 0 Å². The SMILES string of the molecule is CC1CN(c2ccc3c(c2)C[C@@H](C)[C@H](C)N3C)CCO1. The maximum atomic E-state index is 5.64. The van der Waals surface area contributed by atoms with E-state index in [0.717, 1.165) is 19.7 Å². The van der Waals surface area contributed by atoms with Gasteiger partial charge in [-0.2, -0.15) is 0 Å². The van der Waals surface area contributed by atoms with E-state index in [4.69, 9.17) is 4.74 Å². The molecule has 0 aliphatic carbocycles. The van der Waals surface area contributed by atoms with Crippen LogP contribution in [0.25, 0.3) is 0 Å². The van der Waals surface area contributed by atoms with Crippen LogP contribution < -0.4 is 9.80 Å². The van der Waals surface area contributed by atoms with Crippen LogP contribution in [0.1, 0.15) is 26.3 Å². The van der Waals surface area contributed by atoms with E-state index in [2.05, 4.69) is 55.8 Å². The molecule has 0 saturated carbocycles. The van der Waals surface area contributed by atoms with Gasteiger partial charge in [0.15, 0.2) is 0 Å². The number of anilines is 2. The molecule has 2 aliphatic rings. The van der Waals surface area contributed by atoms with E-state index in [9.17, 15) is 0 Å². The van der Waals surface area contributed by atoms with Crippen LogP contribution in [0.15, 0.2) is 18.2 Å². The Bertz CT molecular complexity index is 488. The van der Waals surface area contributed by atoms with Crippen molar-refractivity contribution in [3.8, 4) is 0 Å². The number of hydrogen-bond donors (Lipinski definition) is 0. The standard InChI is InChI=1S/C17H26N2O/c1-12-9-15-10-16(19-7-8-20-13(2)11-19)5-6-17(15)18(4)14(12)3/h5-6,10,12-14H,7-9,11H2,1-4H3/t12-,13?,14+/m1/s1.